The summed E-state index contributed by atoms with van der Waals surface area (Å²) < 4.78 is 5.38. The lowest BCUT2D eigenvalue weighted by Gasteiger charge is -2.30. The van der Waals surface area contributed by atoms with Crippen molar-refractivity contribution in [2.75, 3.05) is 36.5 Å². The van der Waals surface area contributed by atoms with E-state index in [9.17, 15) is 19.7 Å². The second kappa shape index (κ2) is 10.8. The molecule has 0 spiro atoms. The Hall–Kier alpha value is -3.17. The van der Waals surface area contributed by atoms with E-state index in [0.717, 1.165) is 25.7 Å². The molecule has 2 aliphatic rings. The highest BCUT2D eigenvalue weighted by Gasteiger charge is 2.23. The van der Waals surface area contributed by atoms with Crippen LogP contribution in [0.3, 0.4) is 0 Å². The summed E-state index contributed by atoms with van der Waals surface area (Å²) in [5.41, 5.74) is 1.25. The molecule has 2 N–H and O–H groups in total. The van der Waals surface area contributed by atoms with Crippen LogP contribution >= 0.6 is 11.6 Å². The van der Waals surface area contributed by atoms with Crippen LogP contribution in [0.4, 0.5) is 17.1 Å². The molecule has 180 valence electrons. The molecule has 2 aromatic rings. The average Bonchev–Trinajstić information content (AvgIpc) is 2.86. The monoisotopic (exact) mass is 486 g/mol. The number of benzene rings is 2. The Morgan fingerprint density at radius 2 is 1.74 bits per heavy atom. The van der Waals surface area contributed by atoms with E-state index in [1.165, 1.54) is 24.6 Å². The fraction of sp³-hybridized carbons (Fsp3) is 0.417. The summed E-state index contributed by atoms with van der Waals surface area (Å²) in [6.45, 7) is 2.17. The van der Waals surface area contributed by atoms with E-state index in [2.05, 4.69) is 10.6 Å². The molecule has 1 aliphatic carbocycles. The van der Waals surface area contributed by atoms with Crippen LogP contribution in [-0.4, -0.2) is 49.1 Å². The molecule has 2 fully saturated rings. The van der Waals surface area contributed by atoms with Crippen LogP contribution in [0, 0.1) is 10.1 Å². The number of non-ortho nitro benzene ring substituents is 1. The van der Waals surface area contributed by atoms with Crippen LogP contribution in [0.15, 0.2) is 36.4 Å². The first kappa shape index (κ1) is 24.0. The van der Waals surface area contributed by atoms with Gasteiger partial charge in [0, 0.05) is 37.0 Å². The number of ether oxygens (including phenoxy) is 1. The molecule has 2 amide bonds. The first-order valence-corrected chi connectivity index (χ1v) is 11.8. The number of nitro groups is 1. The summed E-state index contributed by atoms with van der Waals surface area (Å²) >= 11 is 6.28. The van der Waals surface area contributed by atoms with Gasteiger partial charge in [0.25, 0.3) is 17.5 Å². The lowest BCUT2D eigenvalue weighted by molar-refractivity contribution is -0.384. The van der Waals surface area contributed by atoms with E-state index < -0.39 is 10.8 Å². The number of nitro benzene ring substituents is 1. The summed E-state index contributed by atoms with van der Waals surface area (Å²) in [6, 6.07) is 9.06. The molecule has 0 aromatic heterocycles. The van der Waals surface area contributed by atoms with Crippen LogP contribution in [-0.2, 0) is 4.74 Å². The number of hydrogen-bond donors (Lipinski definition) is 2. The second-order valence-electron chi connectivity index (χ2n) is 8.52. The Bertz CT molecular complexity index is 1080. The summed E-state index contributed by atoms with van der Waals surface area (Å²) in [6.07, 6.45) is 5.24. The number of carbonyl (C=O) groups is 2. The molecule has 1 saturated carbocycles. The summed E-state index contributed by atoms with van der Waals surface area (Å²) in [4.78, 5) is 38.8. The Morgan fingerprint density at radius 3 is 2.44 bits per heavy atom. The smallest absolute Gasteiger partial charge is 0.270 e. The van der Waals surface area contributed by atoms with Crippen LogP contribution in [0.2, 0.25) is 5.02 Å². The van der Waals surface area contributed by atoms with Gasteiger partial charge in [-0.05, 0) is 37.1 Å². The van der Waals surface area contributed by atoms with E-state index in [0.29, 0.717) is 37.7 Å². The molecule has 10 heteroatoms. The van der Waals surface area contributed by atoms with Crippen molar-refractivity contribution in [3.8, 4) is 0 Å². The number of halogens is 1. The van der Waals surface area contributed by atoms with Crippen molar-refractivity contribution >= 4 is 40.5 Å². The number of anilines is 2. The van der Waals surface area contributed by atoms with E-state index in [1.807, 2.05) is 4.90 Å². The largest absolute Gasteiger partial charge is 0.378 e. The van der Waals surface area contributed by atoms with Crippen LogP contribution in [0.1, 0.15) is 52.8 Å². The molecule has 2 aromatic carbocycles. The minimum Gasteiger partial charge on any atom is -0.378 e. The third kappa shape index (κ3) is 5.66. The van der Waals surface area contributed by atoms with Crippen molar-refractivity contribution in [1.29, 1.82) is 0 Å². The Morgan fingerprint density at radius 1 is 1.00 bits per heavy atom. The summed E-state index contributed by atoms with van der Waals surface area (Å²) in [5.74, 6) is -0.788. The van der Waals surface area contributed by atoms with Crippen LogP contribution < -0.4 is 15.5 Å². The molecule has 34 heavy (non-hydrogen) atoms. The van der Waals surface area contributed by atoms with Crippen molar-refractivity contribution in [1.82, 2.24) is 5.32 Å². The Balaban J connectivity index is 1.56. The van der Waals surface area contributed by atoms with Crippen molar-refractivity contribution in [2.24, 2.45) is 0 Å². The third-order valence-electron chi connectivity index (χ3n) is 6.20. The number of hydrogen-bond acceptors (Lipinski definition) is 6. The van der Waals surface area contributed by atoms with Gasteiger partial charge in [-0.3, -0.25) is 19.7 Å². The maximum Gasteiger partial charge on any atom is 0.270 e. The van der Waals surface area contributed by atoms with Gasteiger partial charge in [0.1, 0.15) is 0 Å². The minimum absolute atomic E-state index is 0.122. The minimum atomic E-state index is -0.532. The topological polar surface area (TPSA) is 114 Å². The van der Waals surface area contributed by atoms with Crippen LogP contribution in [0.25, 0.3) is 0 Å². The highest BCUT2D eigenvalue weighted by atomic mass is 35.5. The molecule has 4 rings (SSSR count). The lowest BCUT2D eigenvalue weighted by atomic mass is 9.95. The fourth-order valence-electron chi connectivity index (χ4n) is 4.39. The van der Waals surface area contributed by atoms with Gasteiger partial charge in [-0.1, -0.05) is 30.9 Å². The molecule has 0 unspecified atom stereocenters. The SMILES string of the molecule is O=C(NC1CCCCC1)c1cc(NC(=O)c2cc([N+](=O)[O-])ccc2N2CCOCC2)ccc1Cl. The number of nitrogens with one attached hydrogen (secondary N) is 2. The molecule has 1 heterocycles. The molecule has 0 bridgehead atoms. The van der Waals surface area contributed by atoms with E-state index in [1.54, 1.807) is 18.2 Å². The van der Waals surface area contributed by atoms with Gasteiger partial charge >= 0.3 is 0 Å². The van der Waals surface area contributed by atoms with E-state index in [-0.39, 0.29) is 33.8 Å². The van der Waals surface area contributed by atoms with Gasteiger partial charge in [-0.15, -0.1) is 0 Å². The number of morpholine rings is 1. The summed E-state index contributed by atoms with van der Waals surface area (Å²) in [5, 5.41) is 17.4. The molecule has 1 saturated heterocycles. The van der Waals surface area contributed by atoms with Crippen molar-refractivity contribution in [3.05, 3.63) is 62.7 Å². The predicted octanol–water partition coefficient (Wildman–Crippen LogP) is 4.40. The zero-order valence-electron chi connectivity index (χ0n) is 18.7. The first-order chi connectivity index (χ1) is 16.4. The maximum absolute atomic E-state index is 13.2. The second-order valence-corrected chi connectivity index (χ2v) is 8.92. The molecular formula is C24H27ClN4O5. The van der Waals surface area contributed by atoms with Crippen molar-refractivity contribution in [3.63, 3.8) is 0 Å². The Kier molecular flexibility index (Phi) is 7.64. The van der Waals surface area contributed by atoms with Gasteiger partial charge in [-0.25, -0.2) is 0 Å². The maximum atomic E-state index is 13.2. The number of nitrogens with zero attached hydrogens (tertiary/aromatic N) is 2. The number of rotatable bonds is 6. The van der Waals surface area contributed by atoms with Crippen molar-refractivity contribution < 1.29 is 19.2 Å². The normalized spacial score (nSPS) is 16.7. The lowest BCUT2D eigenvalue weighted by Crippen LogP contribution is -2.37. The number of carbonyl (C=O) groups excluding carboxylic acids is 2. The van der Waals surface area contributed by atoms with Gasteiger partial charge in [0.2, 0.25) is 0 Å². The zero-order chi connectivity index (χ0) is 24.1. The standard InChI is InChI=1S/C24H27ClN4O5/c25-21-8-6-17(14-19(21)23(30)26-16-4-2-1-3-5-16)27-24(31)20-15-18(29(32)33)7-9-22(20)28-10-12-34-13-11-28/h6-9,14-16H,1-5,10-13H2,(H,26,30)(H,27,31). The van der Waals surface area contributed by atoms with Crippen molar-refractivity contribution in [2.45, 2.75) is 38.1 Å². The first-order valence-electron chi connectivity index (χ1n) is 11.5. The van der Waals surface area contributed by atoms with E-state index in [4.69, 9.17) is 16.3 Å². The highest BCUT2D eigenvalue weighted by Crippen LogP contribution is 2.28. The fourth-order valence-corrected chi connectivity index (χ4v) is 4.59. The van der Waals surface area contributed by atoms with Gasteiger partial charge in [0.05, 0.1) is 40.0 Å². The van der Waals surface area contributed by atoms with E-state index >= 15 is 0 Å². The van der Waals surface area contributed by atoms with Crippen LogP contribution in [0.5, 0.6) is 0 Å². The molecule has 1 aliphatic heterocycles. The molecule has 9 nitrogen and oxygen atoms in total. The molecule has 0 radical (unpaired) electrons. The average molecular weight is 487 g/mol. The Labute approximate surface area is 202 Å². The number of amides is 2. The predicted molar refractivity (Wildman–Crippen MR) is 130 cm³/mol. The van der Waals surface area contributed by atoms with Gasteiger partial charge in [-0.2, -0.15) is 0 Å². The van der Waals surface area contributed by atoms with Gasteiger partial charge in [0.15, 0.2) is 0 Å². The highest BCUT2D eigenvalue weighted by molar-refractivity contribution is 6.34. The zero-order valence-corrected chi connectivity index (χ0v) is 19.5. The quantitative estimate of drug-likeness (QED) is 0.462. The van der Waals surface area contributed by atoms with Gasteiger partial charge < -0.3 is 20.3 Å². The summed E-state index contributed by atoms with van der Waals surface area (Å²) in [7, 11) is 0. The molecule has 0 atom stereocenters. The molecular weight excluding hydrogens is 460 g/mol. The third-order valence-corrected chi connectivity index (χ3v) is 6.53.